The Morgan fingerprint density at radius 2 is 2.22 bits per heavy atom. The van der Waals surface area contributed by atoms with Crippen molar-refractivity contribution in [2.45, 2.75) is 25.8 Å². The summed E-state index contributed by atoms with van der Waals surface area (Å²) in [5, 5.41) is 5.69. The molecule has 1 fully saturated rings. The maximum Gasteiger partial charge on any atom is 0.247 e. The summed E-state index contributed by atoms with van der Waals surface area (Å²) >= 11 is 5.93. The van der Waals surface area contributed by atoms with Crippen LogP contribution in [0, 0.1) is 12.7 Å². The number of carbonyl (C=O) groups excluding carboxylic acids is 1. The number of nitrogens with one attached hydrogen (secondary N) is 2. The smallest absolute Gasteiger partial charge is 0.247 e. The Hall–Kier alpha value is -1.55. The van der Waals surface area contributed by atoms with Gasteiger partial charge in [0.2, 0.25) is 5.91 Å². The predicted molar refractivity (Wildman–Crippen MR) is 71.6 cm³/mol. The zero-order valence-corrected chi connectivity index (χ0v) is 10.8. The van der Waals surface area contributed by atoms with Crippen molar-refractivity contribution in [3.63, 3.8) is 0 Å². The Balaban J connectivity index is 2.35. The van der Waals surface area contributed by atoms with E-state index in [1.807, 2.05) is 0 Å². The molecular formula is C13H14ClFN2O. The minimum absolute atomic E-state index is 0.0278. The molecule has 96 valence electrons. The van der Waals surface area contributed by atoms with Crippen molar-refractivity contribution in [2.75, 3.05) is 10.6 Å². The molecule has 1 aliphatic rings. The maximum atomic E-state index is 13.9. The molecule has 1 aliphatic carbocycles. The third-order valence-corrected chi connectivity index (χ3v) is 3.28. The summed E-state index contributed by atoms with van der Waals surface area (Å²) in [5.74, 6) is -1.09. The average molecular weight is 269 g/mol. The molecule has 5 heteroatoms. The van der Waals surface area contributed by atoms with Crippen molar-refractivity contribution in [2.24, 2.45) is 0 Å². The van der Waals surface area contributed by atoms with E-state index in [4.69, 9.17) is 11.6 Å². The second kappa shape index (κ2) is 4.98. The first-order chi connectivity index (χ1) is 8.52. The van der Waals surface area contributed by atoms with Crippen molar-refractivity contribution < 1.29 is 9.18 Å². The number of halogens is 2. The maximum absolute atomic E-state index is 13.9. The lowest BCUT2D eigenvalue weighted by atomic mass is 10.1. The van der Waals surface area contributed by atoms with E-state index in [9.17, 15) is 9.18 Å². The fourth-order valence-corrected chi connectivity index (χ4v) is 1.79. The number of hydrogen-bond acceptors (Lipinski definition) is 2. The van der Waals surface area contributed by atoms with E-state index in [-0.39, 0.29) is 10.7 Å². The summed E-state index contributed by atoms with van der Waals surface area (Å²) < 4.78 is 13.9. The first-order valence-electron chi connectivity index (χ1n) is 5.71. The molecule has 1 amide bonds. The predicted octanol–water partition coefficient (Wildman–Crippen LogP) is 3.49. The second-order valence-electron chi connectivity index (χ2n) is 4.34. The minimum atomic E-state index is -0.620. The van der Waals surface area contributed by atoms with E-state index < -0.39 is 11.7 Å². The molecule has 18 heavy (non-hydrogen) atoms. The fraction of sp³-hybridized carbons (Fsp3) is 0.308. The van der Waals surface area contributed by atoms with Crippen LogP contribution in [0.5, 0.6) is 0 Å². The van der Waals surface area contributed by atoms with Crippen molar-refractivity contribution in [1.29, 1.82) is 0 Å². The number of hydrogen-bond donors (Lipinski definition) is 2. The van der Waals surface area contributed by atoms with E-state index in [1.54, 1.807) is 13.0 Å². The zero-order valence-electron chi connectivity index (χ0n) is 10.0. The monoisotopic (exact) mass is 268 g/mol. The van der Waals surface area contributed by atoms with Crippen LogP contribution in [0.4, 0.5) is 15.8 Å². The molecule has 1 aromatic rings. The number of carbonyl (C=O) groups is 1. The summed E-state index contributed by atoms with van der Waals surface area (Å²) in [4.78, 5) is 11.2. The number of amides is 1. The number of rotatable bonds is 4. The quantitative estimate of drug-likeness (QED) is 0.821. The van der Waals surface area contributed by atoms with Gasteiger partial charge in [-0.3, -0.25) is 4.79 Å². The third-order valence-electron chi connectivity index (χ3n) is 2.83. The van der Waals surface area contributed by atoms with E-state index in [1.165, 1.54) is 0 Å². The van der Waals surface area contributed by atoms with E-state index in [2.05, 4.69) is 17.2 Å². The molecule has 0 radical (unpaired) electrons. The van der Waals surface area contributed by atoms with Gasteiger partial charge in [-0.1, -0.05) is 18.2 Å². The van der Waals surface area contributed by atoms with Crippen LogP contribution in [0.1, 0.15) is 18.4 Å². The van der Waals surface area contributed by atoms with E-state index >= 15 is 0 Å². The van der Waals surface area contributed by atoms with Crippen molar-refractivity contribution in [1.82, 2.24) is 0 Å². The molecule has 0 bridgehead atoms. The van der Waals surface area contributed by atoms with Crippen molar-refractivity contribution in [3.05, 3.63) is 35.1 Å². The molecule has 0 unspecified atom stereocenters. The fourth-order valence-electron chi connectivity index (χ4n) is 1.59. The molecular weight excluding hydrogens is 255 g/mol. The van der Waals surface area contributed by atoms with Crippen LogP contribution in [-0.2, 0) is 4.79 Å². The molecule has 0 atom stereocenters. The number of anilines is 2. The first-order valence-corrected chi connectivity index (χ1v) is 6.09. The summed E-state index contributed by atoms with van der Waals surface area (Å²) in [5.41, 5.74) is 1.47. The highest BCUT2D eigenvalue weighted by Crippen LogP contribution is 2.35. The molecule has 1 aromatic carbocycles. The zero-order chi connectivity index (χ0) is 13.3. The van der Waals surface area contributed by atoms with E-state index in [0.717, 1.165) is 24.6 Å². The lowest BCUT2D eigenvalue weighted by molar-refractivity contribution is -0.111. The average Bonchev–Trinajstić information content (AvgIpc) is 3.16. The Morgan fingerprint density at radius 1 is 1.56 bits per heavy atom. The third kappa shape index (κ3) is 2.64. The van der Waals surface area contributed by atoms with Gasteiger partial charge in [-0.05, 0) is 37.5 Å². The molecule has 2 N–H and O–H groups in total. The van der Waals surface area contributed by atoms with Crippen LogP contribution in [-0.4, -0.2) is 11.9 Å². The van der Waals surface area contributed by atoms with Gasteiger partial charge in [-0.15, -0.1) is 0 Å². The van der Waals surface area contributed by atoms with Crippen LogP contribution in [0.25, 0.3) is 0 Å². The van der Waals surface area contributed by atoms with Crippen LogP contribution in [0.15, 0.2) is 18.7 Å². The van der Waals surface area contributed by atoms with Gasteiger partial charge >= 0.3 is 0 Å². The van der Waals surface area contributed by atoms with Crippen LogP contribution < -0.4 is 10.6 Å². The summed E-state index contributed by atoms with van der Waals surface area (Å²) in [6.07, 6.45) is 3.28. The molecule has 0 saturated heterocycles. The molecule has 3 nitrogen and oxygen atoms in total. The first kappa shape index (κ1) is 12.9. The molecule has 0 spiro atoms. The summed E-state index contributed by atoms with van der Waals surface area (Å²) in [7, 11) is 0. The Kier molecular flexibility index (Phi) is 3.57. The van der Waals surface area contributed by atoms with Crippen LogP contribution in [0.3, 0.4) is 0 Å². The highest BCUT2D eigenvalue weighted by atomic mass is 35.5. The highest BCUT2D eigenvalue weighted by Gasteiger charge is 2.23. The molecule has 1 saturated carbocycles. The molecule has 0 aliphatic heterocycles. The molecule has 0 aromatic heterocycles. The minimum Gasteiger partial charge on any atom is -0.382 e. The Bertz CT molecular complexity index is 512. The lowest BCUT2D eigenvalue weighted by Gasteiger charge is -2.14. The summed E-state index contributed by atoms with van der Waals surface area (Å²) in [6, 6.07) is 1.99. The van der Waals surface area contributed by atoms with Gasteiger partial charge in [0.1, 0.15) is 0 Å². The topological polar surface area (TPSA) is 41.1 Å². The van der Waals surface area contributed by atoms with Gasteiger partial charge in [-0.2, -0.15) is 0 Å². The van der Waals surface area contributed by atoms with Gasteiger partial charge in [0.15, 0.2) is 5.82 Å². The Labute approximate surface area is 110 Å². The highest BCUT2D eigenvalue weighted by molar-refractivity contribution is 6.32. The van der Waals surface area contributed by atoms with Gasteiger partial charge in [0.25, 0.3) is 0 Å². The van der Waals surface area contributed by atoms with Crippen molar-refractivity contribution >= 4 is 28.9 Å². The van der Waals surface area contributed by atoms with Gasteiger partial charge in [-0.25, -0.2) is 4.39 Å². The summed E-state index contributed by atoms with van der Waals surface area (Å²) in [6.45, 7) is 5.07. The molecule has 0 heterocycles. The SMILES string of the molecule is C=CC(=O)Nc1cc(NC2CC2)c(C)c(Cl)c1F. The standard InChI is InChI=1S/C13H14ClFN2O/c1-3-11(18)17-10-6-9(16-8-4-5-8)7(2)12(14)13(10)15/h3,6,8,16H,1,4-5H2,2H3,(H,17,18). The normalized spacial score (nSPS) is 14.2. The van der Waals surface area contributed by atoms with Gasteiger partial charge in [0, 0.05) is 11.7 Å². The van der Waals surface area contributed by atoms with Crippen molar-refractivity contribution in [3.8, 4) is 0 Å². The lowest BCUT2D eigenvalue weighted by Crippen LogP contribution is -2.11. The van der Waals surface area contributed by atoms with Crippen LogP contribution in [0.2, 0.25) is 5.02 Å². The second-order valence-corrected chi connectivity index (χ2v) is 4.71. The van der Waals surface area contributed by atoms with Crippen LogP contribution >= 0.6 is 11.6 Å². The molecule has 2 rings (SSSR count). The van der Waals surface area contributed by atoms with Gasteiger partial charge < -0.3 is 10.6 Å². The Morgan fingerprint density at radius 3 is 2.78 bits per heavy atom. The van der Waals surface area contributed by atoms with Gasteiger partial charge in [0.05, 0.1) is 10.7 Å². The largest absolute Gasteiger partial charge is 0.382 e. The van der Waals surface area contributed by atoms with E-state index in [0.29, 0.717) is 11.6 Å². The number of benzene rings is 1.